The number of carboxylic acid groups (broad SMARTS) is 1. The second kappa shape index (κ2) is 12.1. The molecule has 1 atom stereocenters. The van der Waals surface area contributed by atoms with E-state index in [0.717, 1.165) is 33.4 Å². The molecule has 0 amide bonds. The van der Waals surface area contributed by atoms with Crippen molar-refractivity contribution in [2.24, 2.45) is 0 Å². The van der Waals surface area contributed by atoms with Crippen LogP contribution in [-0.4, -0.2) is 26.0 Å². The average molecular weight is 522 g/mol. The van der Waals surface area contributed by atoms with Gasteiger partial charge in [0.05, 0.1) is 17.7 Å². The number of carbonyl (C=O) groups is 1. The predicted molar refractivity (Wildman–Crippen MR) is 151 cm³/mol. The number of anilines is 1. The van der Waals surface area contributed by atoms with Crippen LogP contribution in [0.25, 0.3) is 11.1 Å². The summed E-state index contributed by atoms with van der Waals surface area (Å²) in [6.45, 7) is 12.9. The molecule has 3 aromatic rings. The molecule has 3 N–H and O–H groups in total. The number of aliphatic carboxylic acids is 1. The van der Waals surface area contributed by atoms with Crippen LogP contribution in [0.3, 0.4) is 0 Å². The van der Waals surface area contributed by atoms with Gasteiger partial charge in [-0.15, -0.1) is 12.8 Å². The number of ether oxygens (including phenoxy) is 1. The Bertz CT molecular complexity index is 1330. The Kier molecular flexibility index (Phi) is 9.68. The Balaban J connectivity index is 0.000000617. The third-order valence-corrected chi connectivity index (χ3v) is 6.55. The molecule has 0 spiro atoms. The number of nitrogens with one attached hydrogen (secondary N) is 1. The van der Waals surface area contributed by atoms with Crippen molar-refractivity contribution in [2.45, 2.75) is 65.4 Å². The van der Waals surface area contributed by atoms with Crippen molar-refractivity contribution in [3.8, 4) is 35.5 Å². The van der Waals surface area contributed by atoms with Crippen LogP contribution in [0, 0.1) is 40.5 Å². The Morgan fingerprint density at radius 1 is 0.973 bits per heavy atom. The quantitative estimate of drug-likeness (QED) is 0.343. The van der Waals surface area contributed by atoms with E-state index in [0.29, 0.717) is 27.6 Å². The highest BCUT2D eigenvalue weighted by Gasteiger charge is 2.28. The van der Waals surface area contributed by atoms with Gasteiger partial charge in [-0.05, 0) is 88.4 Å². The summed E-state index contributed by atoms with van der Waals surface area (Å²) in [7, 11) is -1.52. The molecule has 0 aromatic heterocycles. The highest BCUT2D eigenvalue weighted by atomic mass is 32.2. The molecule has 4 rings (SSSR count). The van der Waals surface area contributed by atoms with E-state index in [9.17, 15) is 14.1 Å². The molecule has 1 aliphatic heterocycles. The van der Waals surface area contributed by atoms with E-state index < -0.39 is 22.6 Å². The number of aliphatic hydroxyl groups is 1. The zero-order valence-corrected chi connectivity index (χ0v) is 23.2. The first-order valence-corrected chi connectivity index (χ1v) is 12.9. The van der Waals surface area contributed by atoms with Crippen LogP contribution in [-0.2, 0) is 22.2 Å². The third-order valence-electron chi connectivity index (χ3n) is 5.45. The summed E-state index contributed by atoms with van der Waals surface area (Å²) in [5.74, 6) is 0.196. The molecule has 0 aliphatic carbocycles. The molecule has 0 bridgehead atoms. The zero-order valence-electron chi connectivity index (χ0n) is 22.4. The molecule has 3 aromatic carbocycles. The number of hydrogen-bond donors (Lipinski definition) is 3. The van der Waals surface area contributed by atoms with E-state index in [1.165, 1.54) is 0 Å². The Labute approximate surface area is 222 Å². The first kappa shape index (κ1) is 29.6. The van der Waals surface area contributed by atoms with Crippen LogP contribution in [0.1, 0.15) is 48.6 Å². The molecule has 0 fully saturated rings. The SMILES string of the molecule is C#C.CC(C)(C)O.Cc1ccc(-c2c(C)c3c(c(C)c2CC(=O)O)NS(=O)c2cc(C)ccc2O3)cc1. The molecule has 0 saturated carbocycles. The molecular weight excluding hydrogens is 486 g/mol. The second-order valence-corrected chi connectivity index (χ2v) is 11.0. The van der Waals surface area contributed by atoms with Crippen LogP contribution >= 0.6 is 0 Å². The van der Waals surface area contributed by atoms with Gasteiger partial charge in [-0.25, -0.2) is 4.21 Å². The van der Waals surface area contributed by atoms with Crippen molar-refractivity contribution in [3.05, 3.63) is 70.3 Å². The highest BCUT2D eigenvalue weighted by molar-refractivity contribution is 7.86. The third kappa shape index (κ3) is 7.45. The van der Waals surface area contributed by atoms with E-state index in [4.69, 9.17) is 9.84 Å². The van der Waals surface area contributed by atoms with Gasteiger partial charge in [-0.3, -0.25) is 9.52 Å². The molecule has 37 heavy (non-hydrogen) atoms. The van der Waals surface area contributed by atoms with Crippen molar-refractivity contribution < 1.29 is 24.0 Å². The highest BCUT2D eigenvalue weighted by Crippen LogP contribution is 2.47. The van der Waals surface area contributed by atoms with Gasteiger partial charge in [0, 0.05) is 5.56 Å². The minimum atomic E-state index is -1.52. The average Bonchev–Trinajstić information content (AvgIpc) is 2.95. The number of benzene rings is 3. The summed E-state index contributed by atoms with van der Waals surface area (Å²) < 4.78 is 22.4. The van der Waals surface area contributed by atoms with Gasteiger partial charge in [0.1, 0.15) is 10.6 Å². The van der Waals surface area contributed by atoms with Crippen molar-refractivity contribution in [1.82, 2.24) is 0 Å². The predicted octanol–water partition coefficient (Wildman–Crippen LogP) is 6.48. The van der Waals surface area contributed by atoms with Crippen LogP contribution in [0.4, 0.5) is 5.69 Å². The fourth-order valence-electron chi connectivity index (χ4n) is 3.87. The van der Waals surface area contributed by atoms with E-state index in [1.807, 2.05) is 70.2 Å². The topological polar surface area (TPSA) is 95.9 Å². The first-order valence-electron chi connectivity index (χ1n) is 11.7. The fourth-order valence-corrected chi connectivity index (χ4v) is 5.00. The van der Waals surface area contributed by atoms with Gasteiger partial charge < -0.3 is 14.9 Å². The molecule has 0 saturated heterocycles. The Morgan fingerprint density at radius 3 is 2.05 bits per heavy atom. The lowest BCUT2D eigenvalue weighted by Crippen LogP contribution is -2.10. The normalized spacial score (nSPS) is 13.6. The molecule has 6 nitrogen and oxygen atoms in total. The van der Waals surface area contributed by atoms with Crippen LogP contribution in [0.5, 0.6) is 11.5 Å². The maximum absolute atomic E-state index is 13.0. The standard InChI is InChI=1S/C24H23NO4S.C4H10O.C2H2/c1-13-5-8-17(9-6-13)22-16(4)24-23(15(3)18(22)12-21(26)27)25-30(28)20-11-14(2)7-10-19(20)29-24;1-4(2,3)5;1-2/h5-11,25H,12H2,1-4H3,(H,26,27);5H,1-3H3;1-2H. The van der Waals surface area contributed by atoms with Crippen LogP contribution in [0.2, 0.25) is 0 Å². The first-order chi connectivity index (χ1) is 17.3. The van der Waals surface area contributed by atoms with E-state index >= 15 is 0 Å². The number of aryl methyl sites for hydroxylation is 2. The van der Waals surface area contributed by atoms with Crippen molar-refractivity contribution in [2.75, 3.05) is 4.72 Å². The zero-order chi connectivity index (χ0) is 28.1. The van der Waals surface area contributed by atoms with Crippen molar-refractivity contribution in [1.29, 1.82) is 0 Å². The molecular formula is C30H35NO5S. The van der Waals surface area contributed by atoms with Gasteiger partial charge in [-0.2, -0.15) is 0 Å². The van der Waals surface area contributed by atoms with Gasteiger partial charge in [0.25, 0.3) is 0 Å². The lowest BCUT2D eigenvalue weighted by atomic mass is 9.88. The number of rotatable bonds is 3. The maximum atomic E-state index is 13.0. The lowest BCUT2D eigenvalue weighted by Gasteiger charge is -2.22. The second-order valence-electron chi connectivity index (χ2n) is 9.84. The summed E-state index contributed by atoms with van der Waals surface area (Å²) in [4.78, 5) is 12.2. The van der Waals surface area contributed by atoms with Gasteiger partial charge in [0.2, 0.25) is 0 Å². The molecule has 7 heteroatoms. The van der Waals surface area contributed by atoms with Crippen molar-refractivity contribution >= 4 is 22.6 Å². The lowest BCUT2D eigenvalue weighted by molar-refractivity contribution is -0.136. The van der Waals surface area contributed by atoms with E-state index in [2.05, 4.69) is 17.6 Å². The smallest absolute Gasteiger partial charge is 0.307 e. The number of terminal acetylenes is 1. The summed E-state index contributed by atoms with van der Waals surface area (Å²) in [6.07, 6.45) is 7.86. The maximum Gasteiger partial charge on any atom is 0.307 e. The molecule has 1 aliphatic rings. The largest absolute Gasteiger partial charge is 0.481 e. The Morgan fingerprint density at radius 2 is 1.51 bits per heavy atom. The molecule has 1 unspecified atom stereocenters. The van der Waals surface area contributed by atoms with Crippen LogP contribution in [0.15, 0.2) is 47.4 Å². The molecule has 1 heterocycles. The van der Waals surface area contributed by atoms with E-state index in [-0.39, 0.29) is 6.42 Å². The number of fused-ring (bicyclic) bond motifs is 2. The summed E-state index contributed by atoms with van der Waals surface area (Å²) in [5, 5.41) is 18.1. The van der Waals surface area contributed by atoms with Crippen LogP contribution < -0.4 is 9.46 Å². The minimum Gasteiger partial charge on any atom is -0.481 e. The van der Waals surface area contributed by atoms with Gasteiger partial charge in [0.15, 0.2) is 16.7 Å². The fraction of sp³-hybridized carbons (Fsp3) is 0.300. The summed E-state index contributed by atoms with van der Waals surface area (Å²) in [6, 6.07) is 13.6. The Hall–Kier alpha value is -3.60. The molecule has 196 valence electrons. The molecule has 0 radical (unpaired) electrons. The van der Waals surface area contributed by atoms with Gasteiger partial charge >= 0.3 is 5.97 Å². The monoisotopic (exact) mass is 521 g/mol. The summed E-state index contributed by atoms with van der Waals surface area (Å²) >= 11 is 0. The number of carboxylic acids is 1. The minimum absolute atomic E-state index is 0.135. The summed E-state index contributed by atoms with van der Waals surface area (Å²) in [5.41, 5.74) is 6.19. The van der Waals surface area contributed by atoms with E-state index in [1.54, 1.807) is 20.8 Å². The number of hydrogen-bond acceptors (Lipinski definition) is 4. The van der Waals surface area contributed by atoms with Gasteiger partial charge in [-0.1, -0.05) is 35.9 Å². The van der Waals surface area contributed by atoms with Crippen molar-refractivity contribution in [3.63, 3.8) is 0 Å².